The highest BCUT2D eigenvalue weighted by Crippen LogP contribution is 2.37. The van der Waals surface area contributed by atoms with Gasteiger partial charge in [0.2, 0.25) is 5.91 Å². The van der Waals surface area contributed by atoms with Crippen LogP contribution in [0.15, 0.2) is 22.8 Å². The summed E-state index contributed by atoms with van der Waals surface area (Å²) in [6, 6.07) is 3.88. The highest BCUT2D eigenvalue weighted by Gasteiger charge is 2.26. The molecular formula is C20H26N4O3S. The van der Waals surface area contributed by atoms with Crippen molar-refractivity contribution in [2.24, 2.45) is 5.73 Å². The van der Waals surface area contributed by atoms with Gasteiger partial charge in [-0.05, 0) is 43.4 Å². The summed E-state index contributed by atoms with van der Waals surface area (Å²) in [5.41, 5.74) is 7.18. The first kappa shape index (κ1) is 19.2. The molecule has 3 heterocycles. The fourth-order valence-corrected chi connectivity index (χ4v) is 5.32. The van der Waals surface area contributed by atoms with E-state index in [9.17, 15) is 9.59 Å². The number of rotatable bonds is 6. The fourth-order valence-electron chi connectivity index (χ4n) is 4.01. The van der Waals surface area contributed by atoms with Gasteiger partial charge in [-0.25, -0.2) is 0 Å². The van der Waals surface area contributed by atoms with Crippen molar-refractivity contribution in [3.8, 4) is 0 Å². The van der Waals surface area contributed by atoms with Gasteiger partial charge < -0.3 is 15.5 Å². The van der Waals surface area contributed by atoms with Crippen molar-refractivity contribution in [2.45, 2.75) is 32.2 Å². The molecule has 2 aromatic rings. The Balaban J connectivity index is 1.32. The van der Waals surface area contributed by atoms with Crippen LogP contribution < -0.4 is 11.1 Å². The first-order valence-corrected chi connectivity index (χ1v) is 10.6. The van der Waals surface area contributed by atoms with E-state index in [0.29, 0.717) is 17.1 Å². The number of thiophene rings is 1. The molecule has 3 N–H and O–H groups in total. The van der Waals surface area contributed by atoms with Crippen LogP contribution in [-0.4, -0.2) is 54.3 Å². The maximum Gasteiger partial charge on any atom is 0.251 e. The topological polar surface area (TPSA) is 91.8 Å². The predicted octanol–water partition coefficient (Wildman–Crippen LogP) is 2.08. The van der Waals surface area contributed by atoms with E-state index in [4.69, 9.17) is 10.2 Å². The van der Waals surface area contributed by atoms with Crippen molar-refractivity contribution >= 4 is 28.2 Å². The Bertz CT molecular complexity index is 838. The number of aryl methyl sites for hydroxylation is 1. The van der Waals surface area contributed by atoms with Crippen molar-refractivity contribution in [3.63, 3.8) is 0 Å². The number of nitrogens with one attached hydrogen (secondary N) is 1. The summed E-state index contributed by atoms with van der Waals surface area (Å²) in [6.07, 6.45) is 5.73. The molecular weight excluding hydrogens is 376 g/mol. The third-order valence-corrected chi connectivity index (χ3v) is 6.67. The number of hydrogen-bond acceptors (Lipinski definition) is 6. The van der Waals surface area contributed by atoms with Crippen molar-refractivity contribution in [1.82, 2.24) is 9.80 Å². The Morgan fingerprint density at radius 1 is 1.14 bits per heavy atom. The number of amides is 2. The van der Waals surface area contributed by atoms with Gasteiger partial charge in [-0.15, -0.1) is 11.3 Å². The number of nitrogens with two attached hydrogens (primary N) is 1. The zero-order chi connectivity index (χ0) is 19.5. The Hall–Kier alpha value is -2.16. The van der Waals surface area contributed by atoms with Crippen LogP contribution in [0.25, 0.3) is 0 Å². The first-order chi connectivity index (χ1) is 13.6. The van der Waals surface area contributed by atoms with Crippen LogP contribution in [-0.2, 0) is 24.2 Å². The van der Waals surface area contributed by atoms with Crippen LogP contribution in [0.1, 0.15) is 39.4 Å². The maximum absolute atomic E-state index is 12.6. The molecule has 4 rings (SSSR count). The largest absolute Gasteiger partial charge is 0.468 e. The number of furan rings is 1. The molecule has 1 aliphatic carbocycles. The standard InChI is InChI=1S/C20H26N4O3S/c21-19(26)18-15-5-1-2-6-16(15)28-20(18)22-17(25)13-24-9-7-23(8-10-24)12-14-4-3-11-27-14/h3-4,11H,1-2,5-10,12-13H2,(H2,21,26)(H,22,25). The van der Waals surface area contributed by atoms with Gasteiger partial charge in [0.1, 0.15) is 10.8 Å². The van der Waals surface area contributed by atoms with E-state index in [1.165, 1.54) is 16.2 Å². The third kappa shape index (κ3) is 4.29. The molecule has 0 atom stereocenters. The number of primary amides is 1. The maximum atomic E-state index is 12.6. The normalized spacial score (nSPS) is 18.0. The monoisotopic (exact) mass is 402 g/mol. The summed E-state index contributed by atoms with van der Waals surface area (Å²) in [6.45, 7) is 4.59. The van der Waals surface area contributed by atoms with E-state index in [1.54, 1.807) is 6.26 Å². The van der Waals surface area contributed by atoms with Crippen molar-refractivity contribution in [3.05, 3.63) is 40.2 Å². The van der Waals surface area contributed by atoms with E-state index in [2.05, 4.69) is 15.1 Å². The number of carbonyl (C=O) groups is 2. The number of nitrogens with zero attached hydrogens (tertiary/aromatic N) is 2. The number of fused-ring (bicyclic) bond motifs is 1. The van der Waals surface area contributed by atoms with Gasteiger partial charge in [-0.3, -0.25) is 19.4 Å². The average Bonchev–Trinajstić information content (AvgIpc) is 3.30. The molecule has 2 aliphatic rings. The minimum Gasteiger partial charge on any atom is -0.468 e. The highest BCUT2D eigenvalue weighted by molar-refractivity contribution is 7.17. The summed E-state index contributed by atoms with van der Waals surface area (Å²) in [5.74, 6) is 0.439. The molecule has 0 spiro atoms. The van der Waals surface area contributed by atoms with E-state index >= 15 is 0 Å². The summed E-state index contributed by atoms with van der Waals surface area (Å²) >= 11 is 1.51. The second-order valence-corrected chi connectivity index (χ2v) is 8.56. The lowest BCUT2D eigenvalue weighted by Crippen LogP contribution is -2.48. The molecule has 1 fully saturated rings. The van der Waals surface area contributed by atoms with Gasteiger partial charge in [0.05, 0.1) is 24.9 Å². The summed E-state index contributed by atoms with van der Waals surface area (Å²) in [5, 5.41) is 3.58. The lowest BCUT2D eigenvalue weighted by atomic mass is 9.95. The second-order valence-electron chi connectivity index (χ2n) is 7.46. The van der Waals surface area contributed by atoms with E-state index < -0.39 is 5.91 Å². The van der Waals surface area contributed by atoms with Crippen molar-refractivity contribution in [1.29, 1.82) is 0 Å². The van der Waals surface area contributed by atoms with Crippen LogP contribution in [0.2, 0.25) is 0 Å². The molecule has 1 aliphatic heterocycles. The molecule has 2 amide bonds. The van der Waals surface area contributed by atoms with Crippen LogP contribution in [0.5, 0.6) is 0 Å². The molecule has 0 unspecified atom stereocenters. The molecule has 0 bridgehead atoms. The zero-order valence-corrected chi connectivity index (χ0v) is 16.7. The lowest BCUT2D eigenvalue weighted by molar-refractivity contribution is -0.117. The number of carbonyl (C=O) groups excluding carboxylic acids is 2. The van der Waals surface area contributed by atoms with Crippen LogP contribution >= 0.6 is 11.3 Å². The van der Waals surface area contributed by atoms with Gasteiger partial charge in [-0.2, -0.15) is 0 Å². The number of piperazine rings is 1. The second kappa shape index (κ2) is 8.46. The van der Waals surface area contributed by atoms with Crippen molar-refractivity contribution < 1.29 is 14.0 Å². The van der Waals surface area contributed by atoms with E-state index in [-0.39, 0.29) is 5.91 Å². The summed E-state index contributed by atoms with van der Waals surface area (Å²) in [4.78, 5) is 30.2. The van der Waals surface area contributed by atoms with Gasteiger partial charge in [0.25, 0.3) is 5.91 Å². The van der Waals surface area contributed by atoms with Crippen LogP contribution in [0.4, 0.5) is 5.00 Å². The minimum atomic E-state index is -0.443. The number of anilines is 1. The van der Waals surface area contributed by atoms with E-state index in [1.807, 2.05) is 12.1 Å². The predicted molar refractivity (Wildman–Crippen MR) is 109 cm³/mol. The Labute approximate surface area is 168 Å². The van der Waals surface area contributed by atoms with Gasteiger partial charge in [0.15, 0.2) is 0 Å². The van der Waals surface area contributed by atoms with E-state index in [0.717, 1.165) is 69.7 Å². The SMILES string of the molecule is NC(=O)c1c(NC(=O)CN2CCN(Cc3ccco3)CC2)sc2c1CCCC2. The highest BCUT2D eigenvalue weighted by atomic mass is 32.1. The Kier molecular flexibility index (Phi) is 5.79. The minimum absolute atomic E-state index is 0.0828. The molecule has 2 aromatic heterocycles. The van der Waals surface area contributed by atoms with Crippen LogP contribution in [0, 0.1) is 0 Å². The quantitative estimate of drug-likeness (QED) is 0.772. The molecule has 8 heteroatoms. The summed E-state index contributed by atoms with van der Waals surface area (Å²) < 4.78 is 5.40. The van der Waals surface area contributed by atoms with Crippen LogP contribution in [0.3, 0.4) is 0 Å². The third-order valence-electron chi connectivity index (χ3n) is 5.46. The Morgan fingerprint density at radius 2 is 1.89 bits per heavy atom. The molecule has 7 nitrogen and oxygen atoms in total. The smallest absolute Gasteiger partial charge is 0.251 e. The number of hydrogen-bond donors (Lipinski definition) is 2. The average molecular weight is 403 g/mol. The van der Waals surface area contributed by atoms with Crippen molar-refractivity contribution in [2.75, 3.05) is 38.0 Å². The Morgan fingerprint density at radius 3 is 2.61 bits per heavy atom. The molecule has 150 valence electrons. The molecule has 1 saturated heterocycles. The molecule has 0 aromatic carbocycles. The van der Waals surface area contributed by atoms with Gasteiger partial charge in [-0.1, -0.05) is 0 Å². The molecule has 0 saturated carbocycles. The molecule has 0 radical (unpaired) electrons. The zero-order valence-electron chi connectivity index (χ0n) is 15.9. The lowest BCUT2D eigenvalue weighted by Gasteiger charge is -2.33. The fraction of sp³-hybridized carbons (Fsp3) is 0.500. The summed E-state index contributed by atoms with van der Waals surface area (Å²) in [7, 11) is 0. The molecule has 28 heavy (non-hydrogen) atoms. The van der Waals surface area contributed by atoms with Gasteiger partial charge in [0, 0.05) is 31.1 Å². The first-order valence-electron chi connectivity index (χ1n) is 9.81. The van der Waals surface area contributed by atoms with Gasteiger partial charge >= 0.3 is 0 Å².